The van der Waals surface area contributed by atoms with Gasteiger partial charge in [0.05, 0.1) is 18.1 Å². The number of hydrogen-bond acceptors (Lipinski definition) is 3. The molecule has 4 rings (SSSR count). The number of carbonyl (C=O) groups is 2. The fraction of sp³-hybridized carbons (Fsp3) is 0.368. The minimum atomic E-state index is -0.969. The third-order valence-electron chi connectivity index (χ3n) is 5.40. The Morgan fingerprint density at radius 3 is 2.79 bits per heavy atom. The van der Waals surface area contributed by atoms with E-state index in [4.69, 9.17) is 4.74 Å². The number of carboxylic acids is 1. The second kappa shape index (κ2) is 5.31. The minimum absolute atomic E-state index is 0.134. The molecule has 1 aromatic rings. The van der Waals surface area contributed by atoms with Gasteiger partial charge in [0, 0.05) is 6.54 Å². The number of rotatable bonds is 5. The van der Waals surface area contributed by atoms with E-state index in [9.17, 15) is 14.7 Å². The Morgan fingerprint density at radius 1 is 1.38 bits per heavy atom. The molecule has 2 fully saturated rings. The molecule has 2 saturated heterocycles. The van der Waals surface area contributed by atoms with Gasteiger partial charge in [0.2, 0.25) is 5.91 Å². The molecule has 3 heterocycles. The fourth-order valence-electron chi connectivity index (χ4n) is 4.44. The zero-order chi connectivity index (χ0) is 16.9. The van der Waals surface area contributed by atoms with Crippen LogP contribution in [0.15, 0.2) is 55.1 Å². The van der Waals surface area contributed by atoms with E-state index >= 15 is 0 Å². The Labute approximate surface area is 140 Å². The van der Waals surface area contributed by atoms with Gasteiger partial charge in [-0.15, -0.1) is 6.58 Å². The molecule has 24 heavy (non-hydrogen) atoms. The molecule has 0 radical (unpaired) electrons. The fourth-order valence-corrected chi connectivity index (χ4v) is 4.44. The molecule has 0 aromatic heterocycles. The van der Waals surface area contributed by atoms with Gasteiger partial charge in [0.1, 0.15) is 11.5 Å². The van der Waals surface area contributed by atoms with Gasteiger partial charge >= 0.3 is 5.97 Å². The SMILES string of the molecule is C=CC[C@H]1N(Cc2ccccc2)C(=O)[C@@H]2[C@@H](C(=O)O)[C@@H]3C=C[C@]21O3. The average molecular weight is 325 g/mol. The first-order valence-corrected chi connectivity index (χ1v) is 8.14. The normalized spacial score (nSPS) is 36.2. The van der Waals surface area contributed by atoms with Crippen molar-refractivity contribution in [3.05, 3.63) is 60.7 Å². The van der Waals surface area contributed by atoms with E-state index in [2.05, 4.69) is 6.58 Å². The summed E-state index contributed by atoms with van der Waals surface area (Å²) >= 11 is 0. The summed E-state index contributed by atoms with van der Waals surface area (Å²) in [5.74, 6) is -2.57. The van der Waals surface area contributed by atoms with Gasteiger partial charge < -0.3 is 14.7 Å². The van der Waals surface area contributed by atoms with Gasteiger partial charge in [-0.2, -0.15) is 0 Å². The van der Waals surface area contributed by atoms with Crippen LogP contribution in [0, 0.1) is 11.8 Å². The molecule has 1 N–H and O–H groups in total. The lowest BCUT2D eigenvalue weighted by Crippen LogP contribution is -2.44. The molecule has 3 aliphatic heterocycles. The minimum Gasteiger partial charge on any atom is -0.481 e. The zero-order valence-electron chi connectivity index (χ0n) is 13.2. The lowest BCUT2D eigenvalue weighted by molar-refractivity contribution is -0.148. The molecule has 124 valence electrons. The third-order valence-corrected chi connectivity index (χ3v) is 5.40. The number of ether oxygens (including phenoxy) is 1. The van der Waals surface area contributed by atoms with Gasteiger partial charge in [0.15, 0.2) is 0 Å². The standard InChI is InChI=1S/C19H19NO4/c1-2-6-14-19-10-9-13(24-19)15(18(22)23)16(19)17(21)20(14)11-12-7-4-3-5-8-12/h2-5,7-10,13-16H,1,6,11H2,(H,22,23)/t13-,14+,15-,16-,19+/m0/s1. The van der Waals surface area contributed by atoms with Crippen LogP contribution in [0.25, 0.3) is 0 Å². The number of likely N-dealkylation sites (tertiary alicyclic amines) is 1. The molecule has 5 nitrogen and oxygen atoms in total. The second-order valence-electron chi connectivity index (χ2n) is 6.63. The first-order chi connectivity index (χ1) is 11.6. The van der Waals surface area contributed by atoms with Crippen LogP contribution >= 0.6 is 0 Å². The number of nitrogens with zero attached hydrogens (tertiary/aromatic N) is 1. The first-order valence-electron chi connectivity index (χ1n) is 8.14. The smallest absolute Gasteiger partial charge is 0.310 e. The highest BCUT2D eigenvalue weighted by Gasteiger charge is 2.70. The van der Waals surface area contributed by atoms with Crippen molar-refractivity contribution in [2.75, 3.05) is 0 Å². The predicted molar refractivity (Wildman–Crippen MR) is 87.0 cm³/mol. The van der Waals surface area contributed by atoms with E-state index in [1.54, 1.807) is 17.1 Å². The Balaban J connectivity index is 1.73. The highest BCUT2D eigenvalue weighted by Crippen LogP contribution is 2.55. The molecular formula is C19H19NO4. The van der Waals surface area contributed by atoms with Gasteiger partial charge in [-0.05, 0) is 12.0 Å². The predicted octanol–water partition coefficient (Wildman–Crippen LogP) is 2.00. The maximum atomic E-state index is 13.1. The van der Waals surface area contributed by atoms with E-state index < -0.39 is 29.5 Å². The quantitative estimate of drug-likeness (QED) is 0.841. The van der Waals surface area contributed by atoms with Crippen LogP contribution in [0.4, 0.5) is 0 Å². The number of amides is 1. The molecule has 0 saturated carbocycles. The number of aliphatic carboxylic acids is 1. The molecule has 5 atom stereocenters. The van der Waals surface area contributed by atoms with E-state index in [0.717, 1.165) is 5.56 Å². The zero-order valence-corrected chi connectivity index (χ0v) is 13.2. The van der Waals surface area contributed by atoms with Crippen LogP contribution < -0.4 is 0 Å². The van der Waals surface area contributed by atoms with Crippen LogP contribution in [-0.4, -0.2) is 39.6 Å². The Bertz CT molecular complexity index is 728. The van der Waals surface area contributed by atoms with E-state index in [-0.39, 0.29) is 11.9 Å². The first kappa shape index (κ1) is 15.1. The van der Waals surface area contributed by atoms with Crippen molar-refractivity contribution in [1.82, 2.24) is 4.90 Å². The summed E-state index contributed by atoms with van der Waals surface area (Å²) in [6.45, 7) is 4.25. The van der Waals surface area contributed by atoms with Crippen molar-refractivity contribution in [2.45, 2.75) is 30.7 Å². The summed E-state index contributed by atoms with van der Waals surface area (Å²) in [6.07, 6.45) is 5.52. The third kappa shape index (κ3) is 1.91. The summed E-state index contributed by atoms with van der Waals surface area (Å²) in [7, 11) is 0. The summed E-state index contributed by atoms with van der Waals surface area (Å²) in [5.41, 5.74) is 0.176. The van der Waals surface area contributed by atoms with Crippen molar-refractivity contribution in [1.29, 1.82) is 0 Å². The largest absolute Gasteiger partial charge is 0.481 e. The number of carbonyl (C=O) groups excluding carboxylic acids is 1. The monoisotopic (exact) mass is 325 g/mol. The second-order valence-corrected chi connectivity index (χ2v) is 6.63. The van der Waals surface area contributed by atoms with Crippen LogP contribution in [0.3, 0.4) is 0 Å². The molecule has 1 amide bonds. The van der Waals surface area contributed by atoms with E-state index in [1.807, 2.05) is 36.4 Å². The summed E-state index contributed by atoms with van der Waals surface area (Å²) in [5, 5.41) is 9.58. The Morgan fingerprint density at radius 2 is 2.12 bits per heavy atom. The summed E-state index contributed by atoms with van der Waals surface area (Å²) in [4.78, 5) is 26.6. The number of hydrogen-bond donors (Lipinski definition) is 1. The van der Waals surface area contributed by atoms with Gasteiger partial charge in [-0.3, -0.25) is 9.59 Å². The lowest BCUT2D eigenvalue weighted by atomic mass is 9.74. The Kier molecular flexibility index (Phi) is 3.35. The highest BCUT2D eigenvalue weighted by molar-refractivity contribution is 5.91. The summed E-state index contributed by atoms with van der Waals surface area (Å²) in [6, 6.07) is 9.50. The number of fused-ring (bicyclic) bond motifs is 1. The van der Waals surface area contributed by atoms with Crippen LogP contribution in [0.2, 0.25) is 0 Å². The molecule has 5 heteroatoms. The van der Waals surface area contributed by atoms with Crippen LogP contribution in [0.5, 0.6) is 0 Å². The molecule has 1 spiro atoms. The van der Waals surface area contributed by atoms with E-state index in [0.29, 0.717) is 13.0 Å². The molecule has 0 unspecified atom stereocenters. The average Bonchev–Trinajstić information content (AvgIpc) is 3.20. The summed E-state index contributed by atoms with van der Waals surface area (Å²) < 4.78 is 6.06. The van der Waals surface area contributed by atoms with Gasteiger partial charge in [0.25, 0.3) is 0 Å². The molecule has 1 aromatic carbocycles. The highest BCUT2D eigenvalue weighted by atomic mass is 16.5. The van der Waals surface area contributed by atoms with Crippen molar-refractivity contribution >= 4 is 11.9 Å². The van der Waals surface area contributed by atoms with E-state index in [1.165, 1.54) is 0 Å². The maximum Gasteiger partial charge on any atom is 0.310 e. The van der Waals surface area contributed by atoms with Gasteiger partial charge in [-0.25, -0.2) is 0 Å². The molecule has 3 aliphatic rings. The molecule has 2 bridgehead atoms. The number of carboxylic acid groups (broad SMARTS) is 1. The maximum absolute atomic E-state index is 13.1. The van der Waals surface area contributed by atoms with Crippen molar-refractivity contribution < 1.29 is 19.4 Å². The molecular weight excluding hydrogens is 306 g/mol. The van der Waals surface area contributed by atoms with Crippen LogP contribution in [0.1, 0.15) is 12.0 Å². The van der Waals surface area contributed by atoms with Crippen molar-refractivity contribution in [3.63, 3.8) is 0 Å². The van der Waals surface area contributed by atoms with Crippen LogP contribution in [-0.2, 0) is 20.9 Å². The number of benzene rings is 1. The Hall–Kier alpha value is -2.40. The van der Waals surface area contributed by atoms with Crippen molar-refractivity contribution in [2.24, 2.45) is 11.8 Å². The lowest BCUT2D eigenvalue weighted by Gasteiger charge is -2.32. The molecule has 0 aliphatic carbocycles. The van der Waals surface area contributed by atoms with Crippen molar-refractivity contribution in [3.8, 4) is 0 Å². The van der Waals surface area contributed by atoms with Gasteiger partial charge in [-0.1, -0.05) is 48.6 Å². The topological polar surface area (TPSA) is 66.8 Å².